The molecule has 0 aliphatic rings. The van der Waals surface area contributed by atoms with Gasteiger partial charge in [0, 0.05) is 27.2 Å². The monoisotopic (exact) mass is 528 g/mol. The van der Waals surface area contributed by atoms with Gasteiger partial charge in [-0.3, -0.25) is 9.59 Å². The molecule has 0 fully saturated rings. The summed E-state index contributed by atoms with van der Waals surface area (Å²) in [4.78, 5) is 27.6. The fourth-order valence-corrected chi connectivity index (χ4v) is 4.50. The van der Waals surface area contributed by atoms with Gasteiger partial charge in [0.05, 0.1) is 15.7 Å². The number of carbonyl (C=O) groups excluding carboxylic acids is 2. The normalized spacial score (nSPS) is 12.3. The van der Waals surface area contributed by atoms with E-state index in [-0.39, 0.29) is 12.5 Å². The molecule has 2 rings (SSSR count). The van der Waals surface area contributed by atoms with Crippen LogP contribution in [-0.2, 0) is 26.3 Å². The number of nitrogens with zero attached hydrogens (tertiary/aromatic N) is 3. The second kappa shape index (κ2) is 12.4. The van der Waals surface area contributed by atoms with Gasteiger partial charge in [-0.1, -0.05) is 54.4 Å². The molecule has 0 aromatic heterocycles. The molecule has 2 aromatic carbocycles. The minimum absolute atomic E-state index is 0.0427. The maximum atomic E-state index is 13.5. The molecule has 34 heavy (non-hydrogen) atoms. The molecule has 8 nitrogen and oxygen atoms in total. The summed E-state index contributed by atoms with van der Waals surface area (Å²) in [6.07, 6.45) is 0.738. The predicted octanol–water partition coefficient (Wildman–Crippen LogP) is 3.55. The maximum absolute atomic E-state index is 13.5. The lowest BCUT2D eigenvalue weighted by molar-refractivity contribution is -0.139. The van der Waals surface area contributed by atoms with Crippen LogP contribution >= 0.6 is 23.2 Å². The zero-order valence-electron chi connectivity index (χ0n) is 19.7. The lowest BCUT2D eigenvalue weighted by Crippen LogP contribution is -2.52. The van der Waals surface area contributed by atoms with E-state index in [1.807, 2.05) is 6.92 Å². The van der Waals surface area contributed by atoms with Crippen molar-refractivity contribution >= 4 is 50.9 Å². The third-order valence-corrected chi connectivity index (χ3v) is 7.68. The van der Waals surface area contributed by atoms with E-state index in [1.165, 1.54) is 19.0 Å². The van der Waals surface area contributed by atoms with Gasteiger partial charge in [0.2, 0.25) is 11.8 Å². The van der Waals surface area contributed by atoms with Gasteiger partial charge in [0.1, 0.15) is 12.6 Å². The molecule has 2 amide bonds. The Bertz CT molecular complexity index is 1100. The number of halogens is 2. The zero-order chi connectivity index (χ0) is 25.5. The molecule has 186 valence electrons. The minimum atomic E-state index is -3.99. The van der Waals surface area contributed by atoms with E-state index in [0.717, 1.165) is 15.0 Å². The third-order valence-electron chi connectivity index (χ3n) is 5.12. The number of amides is 2. The first-order valence-corrected chi connectivity index (χ1v) is 12.9. The van der Waals surface area contributed by atoms with Crippen LogP contribution in [0.2, 0.25) is 10.0 Å². The Morgan fingerprint density at radius 3 is 2.24 bits per heavy atom. The van der Waals surface area contributed by atoms with Crippen molar-refractivity contribution in [1.29, 1.82) is 0 Å². The van der Waals surface area contributed by atoms with E-state index >= 15 is 0 Å². The van der Waals surface area contributed by atoms with Crippen LogP contribution in [-0.4, -0.2) is 62.7 Å². The second-order valence-electron chi connectivity index (χ2n) is 7.87. The van der Waals surface area contributed by atoms with Crippen molar-refractivity contribution in [2.24, 2.45) is 0 Å². The Hall–Kier alpha value is -2.33. The number of rotatable bonds is 11. The molecule has 1 N–H and O–H groups in total. The molecule has 0 saturated carbocycles. The molecule has 0 spiro atoms. The van der Waals surface area contributed by atoms with Crippen LogP contribution in [0.5, 0.6) is 0 Å². The Morgan fingerprint density at radius 2 is 1.68 bits per heavy atom. The summed E-state index contributed by atoms with van der Waals surface area (Å²) in [7, 11) is -1.20. The van der Waals surface area contributed by atoms with Crippen molar-refractivity contribution in [3.8, 4) is 0 Å². The van der Waals surface area contributed by atoms with Gasteiger partial charge >= 0.3 is 10.2 Å². The molecule has 0 aliphatic carbocycles. The van der Waals surface area contributed by atoms with Crippen LogP contribution in [0.4, 0.5) is 5.69 Å². The summed E-state index contributed by atoms with van der Waals surface area (Å²) < 4.78 is 28.1. The van der Waals surface area contributed by atoms with E-state index < -0.39 is 28.7 Å². The molecular formula is C23H30Cl2N4O4S. The zero-order valence-corrected chi connectivity index (χ0v) is 22.0. The average molecular weight is 529 g/mol. The Morgan fingerprint density at radius 1 is 1.03 bits per heavy atom. The summed E-state index contributed by atoms with van der Waals surface area (Å²) >= 11 is 12.2. The minimum Gasteiger partial charge on any atom is -0.354 e. The summed E-state index contributed by atoms with van der Waals surface area (Å²) in [5.41, 5.74) is 0.988. The van der Waals surface area contributed by atoms with Crippen molar-refractivity contribution in [1.82, 2.24) is 14.5 Å². The third kappa shape index (κ3) is 7.09. The fourth-order valence-electron chi connectivity index (χ4n) is 3.12. The average Bonchev–Trinajstić information content (AvgIpc) is 2.81. The van der Waals surface area contributed by atoms with Gasteiger partial charge < -0.3 is 10.2 Å². The molecule has 0 radical (unpaired) electrons. The number of anilines is 1. The summed E-state index contributed by atoms with van der Waals surface area (Å²) in [5.74, 6) is -0.878. The molecule has 1 atom stereocenters. The topological polar surface area (TPSA) is 90.0 Å². The van der Waals surface area contributed by atoms with Crippen LogP contribution in [0.3, 0.4) is 0 Å². The highest BCUT2D eigenvalue weighted by molar-refractivity contribution is 7.90. The molecular weight excluding hydrogens is 499 g/mol. The molecule has 0 heterocycles. The van der Waals surface area contributed by atoms with Crippen molar-refractivity contribution in [3.63, 3.8) is 0 Å². The van der Waals surface area contributed by atoms with Crippen LogP contribution in [0.25, 0.3) is 0 Å². The largest absolute Gasteiger partial charge is 0.354 e. The summed E-state index contributed by atoms with van der Waals surface area (Å²) in [6, 6.07) is 12.4. The summed E-state index contributed by atoms with van der Waals surface area (Å²) in [6.45, 7) is 3.54. The van der Waals surface area contributed by atoms with Crippen molar-refractivity contribution in [2.45, 2.75) is 32.9 Å². The molecule has 2 aromatic rings. The number of carbonyl (C=O) groups is 2. The van der Waals surface area contributed by atoms with Gasteiger partial charge in [0.15, 0.2) is 0 Å². The predicted molar refractivity (Wildman–Crippen MR) is 136 cm³/mol. The van der Waals surface area contributed by atoms with E-state index in [4.69, 9.17) is 23.2 Å². The number of hydrogen-bond acceptors (Lipinski definition) is 4. The van der Waals surface area contributed by atoms with Crippen LogP contribution in [0, 0.1) is 0 Å². The number of nitrogens with one attached hydrogen (secondary N) is 1. The van der Waals surface area contributed by atoms with E-state index in [1.54, 1.807) is 55.5 Å². The quantitative estimate of drug-likeness (QED) is 0.482. The first-order valence-electron chi connectivity index (χ1n) is 10.7. The van der Waals surface area contributed by atoms with Gasteiger partial charge in [-0.2, -0.15) is 12.7 Å². The van der Waals surface area contributed by atoms with Crippen molar-refractivity contribution in [3.05, 3.63) is 64.1 Å². The molecule has 0 bridgehead atoms. The molecule has 0 saturated heterocycles. The van der Waals surface area contributed by atoms with Crippen LogP contribution in [0.15, 0.2) is 48.5 Å². The van der Waals surface area contributed by atoms with E-state index in [2.05, 4.69) is 5.32 Å². The number of hydrogen-bond donors (Lipinski definition) is 1. The van der Waals surface area contributed by atoms with Gasteiger partial charge in [-0.05, 0) is 43.2 Å². The molecule has 11 heteroatoms. The van der Waals surface area contributed by atoms with E-state index in [0.29, 0.717) is 27.8 Å². The van der Waals surface area contributed by atoms with Gasteiger partial charge in [-0.25, -0.2) is 4.31 Å². The second-order valence-corrected chi connectivity index (χ2v) is 10.8. The highest BCUT2D eigenvalue weighted by Gasteiger charge is 2.32. The van der Waals surface area contributed by atoms with Crippen LogP contribution in [0.1, 0.15) is 25.8 Å². The maximum Gasteiger partial charge on any atom is 0.304 e. The lowest BCUT2D eigenvalue weighted by atomic mass is 10.1. The highest BCUT2D eigenvalue weighted by atomic mass is 35.5. The highest BCUT2D eigenvalue weighted by Crippen LogP contribution is 2.24. The van der Waals surface area contributed by atoms with E-state index in [9.17, 15) is 18.0 Å². The summed E-state index contributed by atoms with van der Waals surface area (Å²) in [5, 5.41) is 3.47. The number of para-hydroxylation sites is 1. The van der Waals surface area contributed by atoms with Crippen molar-refractivity contribution in [2.75, 3.05) is 31.5 Å². The Balaban J connectivity index is 2.43. The SMILES string of the molecule is CCCNC(=O)C(C)N(Cc1ccc(Cl)c(Cl)c1)C(=O)CN(c1ccccc1)S(=O)(=O)N(C)C. The van der Waals surface area contributed by atoms with Gasteiger partial charge in [-0.15, -0.1) is 0 Å². The first kappa shape index (κ1) is 27.9. The van der Waals surface area contributed by atoms with Gasteiger partial charge in [0.25, 0.3) is 0 Å². The Labute approximate surface area is 211 Å². The fraction of sp³-hybridized carbons (Fsp3) is 0.391. The van der Waals surface area contributed by atoms with Crippen molar-refractivity contribution < 1.29 is 18.0 Å². The Kier molecular flexibility index (Phi) is 10.2. The lowest BCUT2D eigenvalue weighted by Gasteiger charge is -2.32. The number of benzene rings is 2. The first-order chi connectivity index (χ1) is 16.0. The molecule has 0 aliphatic heterocycles. The standard InChI is InChI=1S/C23H30Cl2N4O4S/c1-5-13-26-23(31)17(2)28(15-18-11-12-20(24)21(25)14-18)22(30)16-29(34(32,33)27(3)4)19-9-7-6-8-10-19/h6-12,14,17H,5,13,15-16H2,1-4H3,(H,26,31). The van der Waals surface area contributed by atoms with Crippen LogP contribution < -0.4 is 9.62 Å². The smallest absolute Gasteiger partial charge is 0.304 e. The molecule has 1 unspecified atom stereocenters.